The van der Waals surface area contributed by atoms with E-state index in [1.807, 2.05) is 4.90 Å². The molecule has 3 heterocycles. The fourth-order valence-corrected chi connectivity index (χ4v) is 4.75. The van der Waals surface area contributed by atoms with Crippen molar-refractivity contribution in [3.63, 3.8) is 0 Å². The first-order valence-corrected chi connectivity index (χ1v) is 9.70. The summed E-state index contributed by atoms with van der Waals surface area (Å²) in [5.41, 5.74) is 0.557. The van der Waals surface area contributed by atoms with Gasteiger partial charge in [-0.15, -0.1) is 10.2 Å². The van der Waals surface area contributed by atoms with Crippen molar-refractivity contribution < 1.29 is 4.79 Å². The lowest BCUT2D eigenvalue weighted by molar-refractivity contribution is 0.120. The molecule has 0 atom stereocenters. The standard InChI is InChI=1S/C18H29N5O/c24-17(22-12-9-18(10-13-22)7-3-4-8-18)19-14-16-21-20-15-6-2-1-5-11-23(15)16/h1-14H2,(H,19,24). The number of piperidine rings is 1. The number of hydrogen-bond acceptors (Lipinski definition) is 3. The zero-order valence-corrected chi connectivity index (χ0v) is 14.6. The predicted octanol–water partition coefficient (Wildman–Crippen LogP) is 2.87. The maximum absolute atomic E-state index is 12.5. The van der Waals surface area contributed by atoms with Gasteiger partial charge in [0.05, 0.1) is 6.54 Å². The Labute approximate surface area is 144 Å². The Morgan fingerprint density at radius 1 is 0.958 bits per heavy atom. The number of rotatable bonds is 2. The molecule has 6 heteroatoms. The van der Waals surface area contributed by atoms with E-state index < -0.39 is 0 Å². The number of hydrogen-bond donors (Lipinski definition) is 1. The molecule has 4 rings (SSSR count). The SMILES string of the molecule is O=C(NCc1nnc2n1CCCCC2)N1CCC2(CCCC2)CC1. The second kappa shape index (κ2) is 6.73. The van der Waals surface area contributed by atoms with Crippen molar-refractivity contribution in [3.05, 3.63) is 11.6 Å². The van der Waals surface area contributed by atoms with Gasteiger partial charge in [0.15, 0.2) is 5.82 Å². The molecule has 1 aliphatic carbocycles. The maximum atomic E-state index is 12.5. The molecule has 1 aromatic rings. The van der Waals surface area contributed by atoms with Gasteiger partial charge in [-0.25, -0.2) is 4.79 Å². The summed E-state index contributed by atoms with van der Waals surface area (Å²) in [7, 11) is 0. The van der Waals surface area contributed by atoms with Crippen molar-refractivity contribution in [3.8, 4) is 0 Å². The van der Waals surface area contributed by atoms with Gasteiger partial charge in [-0.3, -0.25) is 0 Å². The fourth-order valence-electron chi connectivity index (χ4n) is 4.75. The van der Waals surface area contributed by atoms with Crippen LogP contribution in [0.2, 0.25) is 0 Å². The van der Waals surface area contributed by atoms with Crippen LogP contribution in [0.3, 0.4) is 0 Å². The van der Waals surface area contributed by atoms with Crippen LogP contribution in [0.25, 0.3) is 0 Å². The van der Waals surface area contributed by atoms with Gasteiger partial charge < -0.3 is 14.8 Å². The van der Waals surface area contributed by atoms with Crippen molar-refractivity contribution in [1.82, 2.24) is 25.0 Å². The molecule has 2 fully saturated rings. The molecule has 1 saturated carbocycles. The topological polar surface area (TPSA) is 63.1 Å². The number of nitrogens with zero attached hydrogens (tertiary/aromatic N) is 4. The highest BCUT2D eigenvalue weighted by molar-refractivity contribution is 5.74. The minimum absolute atomic E-state index is 0.0637. The van der Waals surface area contributed by atoms with E-state index in [9.17, 15) is 4.79 Å². The number of urea groups is 1. The van der Waals surface area contributed by atoms with E-state index in [-0.39, 0.29) is 6.03 Å². The van der Waals surface area contributed by atoms with Crippen LogP contribution in [0, 0.1) is 5.41 Å². The number of fused-ring (bicyclic) bond motifs is 1. The number of nitrogens with one attached hydrogen (secondary N) is 1. The first kappa shape index (κ1) is 15.9. The minimum Gasteiger partial charge on any atom is -0.331 e. The number of amides is 2. The third kappa shape index (κ3) is 3.15. The van der Waals surface area contributed by atoms with Gasteiger partial charge in [0, 0.05) is 26.1 Å². The fraction of sp³-hybridized carbons (Fsp3) is 0.833. The first-order valence-electron chi connectivity index (χ1n) is 9.70. The average Bonchev–Trinajstić information content (AvgIpc) is 3.14. The Balaban J connectivity index is 1.30. The minimum atomic E-state index is 0.0637. The Hall–Kier alpha value is -1.59. The molecule has 0 unspecified atom stereocenters. The highest BCUT2D eigenvalue weighted by Crippen LogP contribution is 2.46. The number of carbonyl (C=O) groups is 1. The summed E-state index contributed by atoms with van der Waals surface area (Å²) in [5, 5.41) is 11.7. The Morgan fingerprint density at radius 3 is 2.54 bits per heavy atom. The van der Waals surface area contributed by atoms with Crippen LogP contribution in [0.15, 0.2) is 0 Å². The lowest BCUT2D eigenvalue weighted by Crippen LogP contribution is -2.46. The van der Waals surface area contributed by atoms with Crippen LogP contribution >= 0.6 is 0 Å². The molecule has 0 aromatic carbocycles. The van der Waals surface area contributed by atoms with Crippen molar-refractivity contribution >= 4 is 6.03 Å². The van der Waals surface area contributed by atoms with Gasteiger partial charge in [0.1, 0.15) is 5.82 Å². The molecule has 1 saturated heterocycles. The molecular weight excluding hydrogens is 302 g/mol. The molecule has 1 spiro atoms. The normalized spacial score (nSPS) is 23.1. The summed E-state index contributed by atoms with van der Waals surface area (Å²) >= 11 is 0. The van der Waals surface area contributed by atoms with Crippen LogP contribution in [0.1, 0.15) is 69.4 Å². The van der Waals surface area contributed by atoms with Gasteiger partial charge in [-0.05, 0) is 43.9 Å². The Bertz CT molecular complexity index is 580. The monoisotopic (exact) mass is 331 g/mol. The van der Waals surface area contributed by atoms with Gasteiger partial charge >= 0.3 is 6.03 Å². The van der Waals surface area contributed by atoms with E-state index >= 15 is 0 Å². The highest BCUT2D eigenvalue weighted by atomic mass is 16.2. The second-order valence-corrected chi connectivity index (χ2v) is 7.85. The van der Waals surface area contributed by atoms with E-state index in [2.05, 4.69) is 20.1 Å². The van der Waals surface area contributed by atoms with Gasteiger partial charge in [-0.2, -0.15) is 0 Å². The first-order chi connectivity index (χ1) is 11.8. The molecule has 24 heavy (non-hydrogen) atoms. The van der Waals surface area contributed by atoms with E-state index in [0.29, 0.717) is 12.0 Å². The number of aromatic nitrogens is 3. The van der Waals surface area contributed by atoms with Crippen LogP contribution in [-0.4, -0.2) is 38.8 Å². The summed E-state index contributed by atoms with van der Waals surface area (Å²) in [4.78, 5) is 14.5. The lowest BCUT2D eigenvalue weighted by Gasteiger charge is -2.39. The molecule has 1 N–H and O–H groups in total. The summed E-state index contributed by atoms with van der Waals surface area (Å²) in [6, 6.07) is 0.0637. The van der Waals surface area contributed by atoms with Crippen molar-refractivity contribution in [2.75, 3.05) is 13.1 Å². The molecule has 2 aliphatic heterocycles. The zero-order valence-electron chi connectivity index (χ0n) is 14.6. The summed E-state index contributed by atoms with van der Waals surface area (Å²) in [5.74, 6) is 1.99. The van der Waals surface area contributed by atoms with E-state index in [1.54, 1.807) is 0 Å². The van der Waals surface area contributed by atoms with Crippen molar-refractivity contribution in [1.29, 1.82) is 0 Å². The lowest BCUT2D eigenvalue weighted by atomic mass is 9.77. The molecular formula is C18H29N5O. The number of aryl methyl sites for hydroxylation is 1. The van der Waals surface area contributed by atoms with Crippen molar-refractivity contribution in [2.45, 2.75) is 77.3 Å². The summed E-state index contributed by atoms with van der Waals surface area (Å²) in [6.07, 6.45) is 12.5. The number of carbonyl (C=O) groups excluding carboxylic acids is 1. The van der Waals surface area contributed by atoms with Crippen LogP contribution in [0.5, 0.6) is 0 Å². The van der Waals surface area contributed by atoms with E-state index in [1.165, 1.54) is 57.8 Å². The predicted molar refractivity (Wildman–Crippen MR) is 91.5 cm³/mol. The summed E-state index contributed by atoms with van der Waals surface area (Å²) in [6.45, 7) is 3.29. The van der Waals surface area contributed by atoms with Gasteiger partial charge in [0.2, 0.25) is 0 Å². The van der Waals surface area contributed by atoms with Crippen LogP contribution in [-0.2, 0) is 19.5 Å². The molecule has 1 aromatic heterocycles. The van der Waals surface area contributed by atoms with Crippen LogP contribution < -0.4 is 5.32 Å². The molecule has 0 radical (unpaired) electrons. The van der Waals surface area contributed by atoms with E-state index in [4.69, 9.17) is 0 Å². The quantitative estimate of drug-likeness (QED) is 0.906. The van der Waals surface area contributed by atoms with Crippen molar-refractivity contribution in [2.24, 2.45) is 5.41 Å². The number of likely N-dealkylation sites (tertiary alicyclic amines) is 1. The Kier molecular flexibility index (Phi) is 4.46. The van der Waals surface area contributed by atoms with Gasteiger partial charge in [0.25, 0.3) is 0 Å². The molecule has 0 bridgehead atoms. The molecule has 2 amide bonds. The third-order valence-electron chi connectivity index (χ3n) is 6.36. The zero-order chi connectivity index (χ0) is 16.4. The van der Waals surface area contributed by atoms with Gasteiger partial charge in [-0.1, -0.05) is 19.3 Å². The van der Waals surface area contributed by atoms with Crippen LogP contribution in [0.4, 0.5) is 4.79 Å². The summed E-state index contributed by atoms with van der Waals surface area (Å²) < 4.78 is 2.21. The van der Waals surface area contributed by atoms with E-state index in [0.717, 1.165) is 37.7 Å². The maximum Gasteiger partial charge on any atom is 0.317 e. The molecule has 132 valence electrons. The highest BCUT2D eigenvalue weighted by Gasteiger charge is 2.37. The smallest absolute Gasteiger partial charge is 0.317 e. The molecule has 3 aliphatic rings. The molecule has 6 nitrogen and oxygen atoms in total. The largest absolute Gasteiger partial charge is 0.331 e. The average molecular weight is 331 g/mol. The second-order valence-electron chi connectivity index (χ2n) is 7.85. The Morgan fingerprint density at radius 2 is 1.75 bits per heavy atom. The third-order valence-corrected chi connectivity index (χ3v) is 6.36.